The number of urea groups is 2. The summed E-state index contributed by atoms with van der Waals surface area (Å²) >= 11 is 0. The van der Waals surface area contributed by atoms with E-state index >= 15 is 0 Å². The highest BCUT2D eigenvalue weighted by Gasteiger charge is 2.46. The monoisotopic (exact) mass is 735 g/mol. The van der Waals surface area contributed by atoms with Gasteiger partial charge in [0.05, 0.1) is 12.1 Å². The Morgan fingerprint density at radius 3 is 2.28 bits per heavy atom. The number of unbranched alkanes of at least 4 members (excludes halogenated alkanes) is 1. The minimum atomic E-state index is -1.04. The fourth-order valence-corrected chi connectivity index (χ4v) is 7.54. The van der Waals surface area contributed by atoms with Gasteiger partial charge in [0.15, 0.2) is 0 Å². The maximum absolute atomic E-state index is 14.9. The van der Waals surface area contributed by atoms with Crippen LogP contribution in [0.2, 0.25) is 0 Å². The lowest BCUT2D eigenvalue weighted by atomic mass is 9.86. The Labute approximate surface area is 314 Å². The molecule has 1 unspecified atom stereocenters. The number of hydrogen-bond donors (Lipinski definition) is 5. The molecule has 2 heterocycles. The summed E-state index contributed by atoms with van der Waals surface area (Å²) in [6, 6.07) is 4.01. The van der Waals surface area contributed by atoms with Gasteiger partial charge in [0.25, 0.3) is 5.91 Å². The Morgan fingerprint density at radius 2 is 1.70 bits per heavy atom. The number of carbonyl (C=O) groups is 6. The van der Waals surface area contributed by atoms with Crippen molar-refractivity contribution in [1.29, 1.82) is 0 Å². The van der Waals surface area contributed by atoms with Crippen molar-refractivity contribution in [2.75, 3.05) is 32.7 Å². The molecule has 13 heteroatoms. The average Bonchev–Trinajstić information content (AvgIpc) is 3.76. The molecule has 1 aromatic rings. The lowest BCUT2D eigenvalue weighted by Gasteiger charge is -2.38. The number of nitrogens with zero attached hydrogens (tertiary/aromatic N) is 2. The second-order valence-electron chi connectivity index (χ2n) is 16.3. The summed E-state index contributed by atoms with van der Waals surface area (Å²) in [5.41, 5.74) is 1.82. The van der Waals surface area contributed by atoms with E-state index in [0.717, 1.165) is 24.0 Å². The van der Waals surface area contributed by atoms with Gasteiger partial charge in [-0.05, 0) is 66.4 Å². The second-order valence-corrected chi connectivity index (χ2v) is 16.3. The fourth-order valence-electron chi connectivity index (χ4n) is 7.54. The molecule has 2 saturated heterocycles. The van der Waals surface area contributed by atoms with Crippen molar-refractivity contribution >= 4 is 35.6 Å². The van der Waals surface area contributed by atoms with Crippen molar-refractivity contribution in [2.45, 2.75) is 111 Å². The zero-order chi connectivity index (χ0) is 38.9. The average molecular weight is 736 g/mol. The molecular weight excluding hydrogens is 674 g/mol. The Morgan fingerprint density at radius 1 is 1.02 bits per heavy atom. The molecule has 1 aliphatic carbocycles. The maximum Gasteiger partial charge on any atom is 0.317 e. The number of hydrogen-bond acceptors (Lipinski definition) is 6. The number of carbonyl (C=O) groups excluding carboxylic acids is 6. The molecule has 292 valence electrons. The van der Waals surface area contributed by atoms with Gasteiger partial charge < -0.3 is 36.4 Å². The molecule has 0 aromatic heterocycles. The molecule has 4 rings (SSSR count). The zero-order valence-electron chi connectivity index (χ0n) is 32.5. The summed E-state index contributed by atoms with van der Waals surface area (Å²) in [7, 11) is 0. The van der Waals surface area contributed by atoms with Crippen LogP contribution in [0.3, 0.4) is 0 Å². The van der Waals surface area contributed by atoms with Gasteiger partial charge in [0.2, 0.25) is 17.6 Å². The van der Waals surface area contributed by atoms with E-state index in [1.54, 1.807) is 9.80 Å². The van der Waals surface area contributed by atoms with Gasteiger partial charge in [-0.2, -0.15) is 0 Å². The number of fused-ring (bicyclic) bond motifs is 1. The van der Waals surface area contributed by atoms with Crippen LogP contribution in [0.25, 0.3) is 0 Å². The second kappa shape index (κ2) is 18.6. The molecule has 2 fully saturated rings. The predicted molar refractivity (Wildman–Crippen MR) is 204 cm³/mol. The molecule has 0 spiro atoms. The van der Waals surface area contributed by atoms with E-state index in [9.17, 15) is 28.8 Å². The van der Waals surface area contributed by atoms with Crippen LogP contribution in [0.4, 0.5) is 9.59 Å². The van der Waals surface area contributed by atoms with Crippen LogP contribution >= 0.6 is 0 Å². The third-order valence-corrected chi connectivity index (χ3v) is 11.0. The van der Waals surface area contributed by atoms with Crippen LogP contribution < -0.4 is 26.6 Å². The first-order valence-corrected chi connectivity index (χ1v) is 19.3. The molecule has 7 amide bonds. The minimum absolute atomic E-state index is 0.00611. The van der Waals surface area contributed by atoms with Crippen molar-refractivity contribution < 1.29 is 28.8 Å². The molecule has 1 aromatic carbocycles. The van der Waals surface area contributed by atoms with E-state index in [0.29, 0.717) is 51.9 Å². The summed E-state index contributed by atoms with van der Waals surface area (Å²) in [6.45, 7) is 17.6. The Balaban J connectivity index is 1.60. The molecule has 3 aliphatic rings. The van der Waals surface area contributed by atoms with Gasteiger partial charge in [-0.15, -0.1) is 6.58 Å². The molecule has 5 atom stereocenters. The van der Waals surface area contributed by atoms with E-state index in [-0.39, 0.29) is 42.7 Å². The molecule has 53 heavy (non-hydrogen) atoms. The summed E-state index contributed by atoms with van der Waals surface area (Å²) in [6.07, 6.45) is 5.50. The maximum atomic E-state index is 14.9. The lowest BCUT2D eigenvalue weighted by Crippen LogP contribution is -2.61. The van der Waals surface area contributed by atoms with E-state index in [2.05, 4.69) is 47.0 Å². The first kappa shape index (κ1) is 41.3. The van der Waals surface area contributed by atoms with Crippen molar-refractivity contribution in [3.8, 4) is 0 Å². The fraction of sp³-hybridized carbons (Fsp3) is 0.650. The topological polar surface area (TPSA) is 169 Å². The van der Waals surface area contributed by atoms with Crippen molar-refractivity contribution in [2.24, 2.45) is 23.2 Å². The highest BCUT2D eigenvalue weighted by molar-refractivity contribution is 6.38. The first-order valence-electron chi connectivity index (χ1n) is 19.3. The summed E-state index contributed by atoms with van der Waals surface area (Å²) in [5, 5.41) is 14.3. The van der Waals surface area contributed by atoms with Gasteiger partial charge in [-0.3, -0.25) is 19.2 Å². The lowest BCUT2D eigenvalue weighted by molar-refractivity contribution is -0.143. The van der Waals surface area contributed by atoms with Crippen molar-refractivity contribution in [3.05, 3.63) is 48.0 Å². The highest BCUT2D eigenvalue weighted by Crippen LogP contribution is 2.34. The molecule has 13 nitrogen and oxygen atoms in total. The molecule has 0 saturated carbocycles. The third kappa shape index (κ3) is 10.8. The van der Waals surface area contributed by atoms with Crippen LogP contribution in [0, 0.1) is 23.2 Å². The Kier molecular flexibility index (Phi) is 14.5. The van der Waals surface area contributed by atoms with Crippen LogP contribution in [0.15, 0.2) is 36.9 Å². The number of amides is 7. The third-order valence-electron chi connectivity index (χ3n) is 11.0. The van der Waals surface area contributed by atoms with Gasteiger partial charge in [-0.25, -0.2) is 9.59 Å². The normalized spacial score (nSPS) is 20.5. The van der Waals surface area contributed by atoms with Gasteiger partial charge in [-0.1, -0.05) is 84.7 Å². The Hall–Kier alpha value is -4.42. The SMILES string of the molecule is C=CCNC(=O)C(=O)C(CCCC)NC(=O)[C@@H]1C[C@@H](C(C)C)CN1C(=O)[C@@H](NC(=O)N[C@H](CN1CCCNC1=O)C(C)(C)C)C1Cc2ccccc2C1. The number of nitrogens with one attached hydrogen (secondary N) is 5. The number of likely N-dealkylation sites (tertiary alicyclic amines) is 1. The number of Topliss-reactive ketones (excluding diaryl/α,β-unsaturated/α-hetero) is 1. The smallest absolute Gasteiger partial charge is 0.317 e. The van der Waals surface area contributed by atoms with Crippen LogP contribution in [-0.2, 0) is 32.0 Å². The molecule has 0 bridgehead atoms. The molecule has 0 radical (unpaired) electrons. The number of rotatable bonds is 16. The summed E-state index contributed by atoms with van der Waals surface area (Å²) in [4.78, 5) is 84.6. The predicted octanol–water partition coefficient (Wildman–Crippen LogP) is 3.32. The first-order chi connectivity index (χ1) is 25.1. The van der Waals surface area contributed by atoms with E-state index in [1.807, 2.05) is 52.0 Å². The quantitative estimate of drug-likeness (QED) is 0.129. The van der Waals surface area contributed by atoms with Gasteiger partial charge in [0, 0.05) is 32.7 Å². The van der Waals surface area contributed by atoms with E-state index in [4.69, 9.17) is 0 Å². The standard InChI is InChI=1S/C40H61N7O6/c1-8-10-16-30(34(48)36(50)41-17-9-2)43-35(49)31-22-29(25(3)4)23-47(31)37(51)33(28-20-26-14-11-12-15-27(26)21-28)45-38(52)44-32(40(5,6)7)24-46-19-13-18-42-39(46)53/h9,11-12,14-15,25,28-33H,2,8,10,13,16-24H2,1,3-7H3,(H,41,50)(H,42,53)(H,43,49)(H2,44,45,52)/t29-,30?,31+,32-,33+/m1/s1. The molecular formula is C40H61N7O6. The van der Waals surface area contributed by atoms with Gasteiger partial charge in [0.1, 0.15) is 12.1 Å². The summed E-state index contributed by atoms with van der Waals surface area (Å²) < 4.78 is 0. The largest absolute Gasteiger partial charge is 0.346 e. The van der Waals surface area contributed by atoms with E-state index < -0.39 is 53.2 Å². The molecule has 2 aliphatic heterocycles. The zero-order valence-corrected chi connectivity index (χ0v) is 32.5. The minimum Gasteiger partial charge on any atom is -0.346 e. The van der Waals surface area contributed by atoms with Crippen LogP contribution in [0.5, 0.6) is 0 Å². The Bertz CT molecular complexity index is 1480. The number of ketones is 1. The molecule has 5 N–H and O–H groups in total. The van der Waals surface area contributed by atoms with Crippen molar-refractivity contribution in [3.63, 3.8) is 0 Å². The van der Waals surface area contributed by atoms with E-state index in [1.165, 1.54) is 6.08 Å². The van der Waals surface area contributed by atoms with Crippen LogP contribution in [0.1, 0.15) is 84.8 Å². The highest BCUT2D eigenvalue weighted by atomic mass is 16.2. The van der Waals surface area contributed by atoms with Gasteiger partial charge >= 0.3 is 12.1 Å². The summed E-state index contributed by atoms with van der Waals surface area (Å²) in [5.74, 6) is -2.47. The van der Waals surface area contributed by atoms with Crippen LogP contribution in [-0.4, -0.2) is 102 Å². The number of benzene rings is 1. The van der Waals surface area contributed by atoms with Crippen molar-refractivity contribution in [1.82, 2.24) is 36.4 Å².